The number of piperidine rings is 1. The summed E-state index contributed by atoms with van der Waals surface area (Å²) in [4.78, 5) is 25.1. The highest BCUT2D eigenvalue weighted by Crippen LogP contribution is 2.24. The lowest BCUT2D eigenvalue weighted by Gasteiger charge is -2.33. The van der Waals surface area contributed by atoms with Crippen LogP contribution >= 0.6 is 0 Å². The van der Waals surface area contributed by atoms with Crippen LogP contribution in [0.1, 0.15) is 44.1 Å². The molecular formula is C16H20FNO3. The largest absolute Gasteiger partial charge is 0.480 e. The molecule has 0 spiro atoms. The van der Waals surface area contributed by atoms with E-state index in [1.165, 1.54) is 17.0 Å². The number of carbonyl (C=O) groups is 2. The summed E-state index contributed by atoms with van der Waals surface area (Å²) in [6, 6.07) is 5.37. The van der Waals surface area contributed by atoms with Gasteiger partial charge in [-0.15, -0.1) is 0 Å². The monoisotopic (exact) mass is 293 g/mol. The van der Waals surface area contributed by atoms with Crippen LogP contribution in [-0.4, -0.2) is 34.5 Å². The van der Waals surface area contributed by atoms with Crippen LogP contribution in [0.2, 0.25) is 0 Å². The van der Waals surface area contributed by atoms with Gasteiger partial charge in [0.2, 0.25) is 5.91 Å². The number of likely N-dealkylation sites (tertiary alicyclic amines) is 1. The zero-order chi connectivity index (χ0) is 15.4. The van der Waals surface area contributed by atoms with Gasteiger partial charge < -0.3 is 10.0 Å². The summed E-state index contributed by atoms with van der Waals surface area (Å²) >= 11 is 0. The van der Waals surface area contributed by atoms with Gasteiger partial charge in [-0.1, -0.05) is 19.1 Å². The number of carbonyl (C=O) groups excluding carboxylic acids is 1. The highest BCUT2D eigenvalue weighted by atomic mass is 19.1. The number of carboxylic acids is 1. The summed E-state index contributed by atoms with van der Waals surface area (Å²) in [5.41, 5.74) is 0.883. The number of amides is 1. The van der Waals surface area contributed by atoms with Gasteiger partial charge in [-0.3, -0.25) is 4.79 Å². The van der Waals surface area contributed by atoms with Gasteiger partial charge in [0, 0.05) is 13.0 Å². The lowest BCUT2D eigenvalue weighted by molar-refractivity contribution is -0.152. The second-order valence-electron chi connectivity index (χ2n) is 5.59. The molecule has 1 aliphatic rings. The number of aliphatic carboxylic acids is 1. The van der Waals surface area contributed by atoms with E-state index >= 15 is 0 Å². The van der Waals surface area contributed by atoms with E-state index < -0.39 is 12.0 Å². The van der Waals surface area contributed by atoms with Crippen molar-refractivity contribution in [2.24, 2.45) is 0 Å². The van der Waals surface area contributed by atoms with Crippen molar-refractivity contribution in [3.8, 4) is 0 Å². The third-order valence-electron chi connectivity index (χ3n) is 4.03. The van der Waals surface area contributed by atoms with E-state index in [1.54, 1.807) is 12.1 Å². The third kappa shape index (κ3) is 3.80. The minimum absolute atomic E-state index is 0.0607. The summed E-state index contributed by atoms with van der Waals surface area (Å²) in [5.74, 6) is -1.44. The molecule has 1 fully saturated rings. The van der Waals surface area contributed by atoms with Crippen molar-refractivity contribution in [1.82, 2.24) is 4.90 Å². The summed E-state index contributed by atoms with van der Waals surface area (Å²) < 4.78 is 12.9. The van der Waals surface area contributed by atoms with Crippen molar-refractivity contribution in [2.45, 2.75) is 44.6 Å². The molecule has 1 aromatic carbocycles. The Kier molecular flexibility index (Phi) is 4.94. The first-order valence-electron chi connectivity index (χ1n) is 7.26. The van der Waals surface area contributed by atoms with Gasteiger partial charge in [-0.25, -0.2) is 9.18 Å². The van der Waals surface area contributed by atoms with Gasteiger partial charge in [-0.2, -0.15) is 0 Å². The molecule has 1 aromatic rings. The fourth-order valence-corrected chi connectivity index (χ4v) is 2.78. The number of rotatable bonds is 4. The van der Waals surface area contributed by atoms with Crippen LogP contribution < -0.4 is 0 Å². The van der Waals surface area contributed by atoms with Gasteiger partial charge in [0.1, 0.15) is 11.9 Å². The molecule has 1 amide bonds. The molecule has 1 aliphatic heterocycles. The van der Waals surface area contributed by atoms with Crippen molar-refractivity contribution in [1.29, 1.82) is 0 Å². The van der Waals surface area contributed by atoms with Crippen LogP contribution in [0.15, 0.2) is 24.3 Å². The maximum atomic E-state index is 12.9. The van der Waals surface area contributed by atoms with Crippen LogP contribution in [0.4, 0.5) is 4.39 Å². The molecule has 1 saturated heterocycles. The number of nitrogens with zero attached hydrogens (tertiary/aromatic N) is 1. The molecule has 0 aliphatic carbocycles. The summed E-state index contributed by atoms with van der Waals surface area (Å²) in [6.45, 7) is 2.40. The quantitative estimate of drug-likeness (QED) is 0.928. The Labute approximate surface area is 123 Å². The lowest BCUT2D eigenvalue weighted by Crippen LogP contribution is -2.48. The highest BCUT2D eigenvalue weighted by molar-refractivity contribution is 5.84. The Hall–Kier alpha value is -1.91. The first-order chi connectivity index (χ1) is 9.99. The average molecular weight is 293 g/mol. The van der Waals surface area contributed by atoms with Crippen molar-refractivity contribution in [3.63, 3.8) is 0 Å². The second-order valence-corrected chi connectivity index (χ2v) is 5.59. The summed E-state index contributed by atoms with van der Waals surface area (Å²) in [5, 5.41) is 9.20. The van der Waals surface area contributed by atoms with Crippen molar-refractivity contribution < 1.29 is 19.1 Å². The van der Waals surface area contributed by atoms with Crippen LogP contribution in [0.5, 0.6) is 0 Å². The average Bonchev–Trinajstić information content (AvgIpc) is 2.47. The molecule has 4 nitrogen and oxygen atoms in total. The normalized spacial score (nSPS) is 20.1. The smallest absolute Gasteiger partial charge is 0.326 e. The minimum Gasteiger partial charge on any atom is -0.480 e. The Balaban J connectivity index is 2.02. The van der Waals surface area contributed by atoms with Gasteiger partial charge in [0.15, 0.2) is 0 Å². The Morgan fingerprint density at radius 1 is 1.33 bits per heavy atom. The van der Waals surface area contributed by atoms with Crippen LogP contribution in [0.3, 0.4) is 0 Å². The van der Waals surface area contributed by atoms with E-state index in [1.807, 2.05) is 6.92 Å². The predicted octanol–water partition coefficient (Wildman–Crippen LogP) is 2.79. The molecule has 21 heavy (non-hydrogen) atoms. The molecule has 2 rings (SSSR count). The van der Waals surface area contributed by atoms with Crippen molar-refractivity contribution in [2.75, 3.05) is 6.54 Å². The van der Waals surface area contributed by atoms with E-state index in [2.05, 4.69) is 0 Å². The molecular weight excluding hydrogens is 273 g/mol. The van der Waals surface area contributed by atoms with E-state index in [0.717, 1.165) is 18.4 Å². The Morgan fingerprint density at radius 2 is 2.00 bits per heavy atom. The van der Waals surface area contributed by atoms with E-state index in [4.69, 9.17) is 0 Å². The number of halogens is 1. The number of hydrogen-bond acceptors (Lipinski definition) is 2. The molecule has 0 radical (unpaired) electrons. The summed E-state index contributed by atoms with van der Waals surface area (Å²) in [7, 11) is 0. The number of benzene rings is 1. The molecule has 0 unspecified atom stereocenters. The Morgan fingerprint density at radius 3 is 2.62 bits per heavy atom. The second kappa shape index (κ2) is 6.70. The van der Waals surface area contributed by atoms with E-state index in [0.29, 0.717) is 13.0 Å². The molecule has 1 N–H and O–H groups in total. The first-order valence-corrected chi connectivity index (χ1v) is 7.26. The molecule has 5 heteroatoms. The van der Waals surface area contributed by atoms with Crippen LogP contribution in [-0.2, 0) is 9.59 Å². The topological polar surface area (TPSA) is 57.6 Å². The highest BCUT2D eigenvalue weighted by Gasteiger charge is 2.32. The summed E-state index contributed by atoms with van der Waals surface area (Å²) in [6.07, 6.45) is 2.45. The molecule has 0 saturated carbocycles. The maximum Gasteiger partial charge on any atom is 0.326 e. The molecule has 1 heterocycles. The zero-order valence-electron chi connectivity index (χ0n) is 12.1. The minimum atomic E-state index is -0.933. The SMILES string of the molecule is C[C@H](CC(=O)N1CCCC[C@H]1C(=O)O)c1ccc(F)cc1. The zero-order valence-corrected chi connectivity index (χ0v) is 12.1. The van der Waals surface area contributed by atoms with Crippen molar-refractivity contribution in [3.05, 3.63) is 35.6 Å². The van der Waals surface area contributed by atoms with Gasteiger partial charge >= 0.3 is 5.97 Å². The molecule has 0 bridgehead atoms. The predicted molar refractivity (Wildman–Crippen MR) is 76.4 cm³/mol. The molecule has 2 atom stereocenters. The van der Waals surface area contributed by atoms with E-state index in [-0.39, 0.29) is 24.1 Å². The van der Waals surface area contributed by atoms with E-state index in [9.17, 15) is 19.1 Å². The van der Waals surface area contributed by atoms with Crippen molar-refractivity contribution >= 4 is 11.9 Å². The van der Waals surface area contributed by atoms with Gasteiger partial charge in [0.05, 0.1) is 0 Å². The fourth-order valence-electron chi connectivity index (χ4n) is 2.78. The first kappa shape index (κ1) is 15.5. The van der Waals surface area contributed by atoms with Crippen LogP contribution in [0.25, 0.3) is 0 Å². The fraction of sp³-hybridized carbons (Fsp3) is 0.500. The number of carboxylic acid groups (broad SMARTS) is 1. The third-order valence-corrected chi connectivity index (χ3v) is 4.03. The lowest BCUT2D eigenvalue weighted by atomic mass is 9.95. The van der Waals surface area contributed by atoms with Crippen LogP contribution in [0, 0.1) is 5.82 Å². The Bertz CT molecular complexity index is 515. The standard InChI is InChI=1S/C16H20FNO3/c1-11(12-5-7-13(17)8-6-12)10-15(19)18-9-3-2-4-14(18)16(20)21/h5-8,11,14H,2-4,9-10H2,1H3,(H,20,21)/t11-,14+/m1/s1. The van der Waals surface area contributed by atoms with Gasteiger partial charge in [-0.05, 0) is 42.9 Å². The molecule has 0 aromatic heterocycles. The maximum absolute atomic E-state index is 12.9. The molecule has 114 valence electrons. The number of hydrogen-bond donors (Lipinski definition) is 1. The van der Waals surface area contributed by atoms with Gasteiger partial charge in [0.25, 0.3) is 0 Å².